The van der Waals surface area contributed by atoms with E-state index in [0.29, 0.717) is 0 Å². The van der Waals surface area contributed by atoms with Crippen molar-refractivity contribution in [2.45, 2.75) is 77.6 Å². The second kappa shape index (κ2) is 10.1. The lowest BCUT2D eigenvalue weighted by Gasteiger charge is -2.10. The van der Waals surface area contributed by atoms with Crippen LogP contribution in [0.25, 0.3) is 9.75 Å². The van der Waals surface area contributed by atoms with Gasteiger partial charge < -0.3 is 4.57 Å². The molecule has 156 valence electrons. The summed E-state index contributed by atoms with van der Waals surface area (Å²) in [7, 11) is -2.61. The van der Waals surface area contributed by atoms with E-state index in [1.165, 1.54) is 78.8 Å². The fraction of sp³-hybridized carbons (Fsp3) is 0.500. The molecule has 0 saturated carbocycles. The molecule has 4 rings (SSSR count). The molecule has 3 aromatic rings. The lowest BCUT2D eigenvalue weighted by atomic mass is 10.1. The Bertz CT molecular complexity index is 920. The maximum atomic E-state index is 14.2. The van der Waals surface area contributed by atoms with E-state index in [-0.39, 0.29) is 0 Å². The first-order chi connectivity index (χ1) is 14.2. The molecule has 0 bridgehead atoms. The maximum absolute atomic E-state index is 14.2. The Kier molecular flexibility index (Phi) is 7.50. The molecule has 0 amide bonds. The molecule has 0 unspecified atom stereocenters. The first-order valence-corrected chi connectivity index (χ1v) is 15.4. The van der Waals surface area contributed by atoms with Crippen LogP contribution in [0.15, 0.2) is 35.0 Å². The number of fused-ring (bicyclic) bond motifs is 3. The zero-order valence-electron chi connectivity index (χ0n) is 17.3. The molecule has 0 atom stereocenters. The molecule has 5 heteroatoms. The summed E-state index contributed by atoms with van der Waals surface area (Å²) in [4.78, 5) is 3.88. The van der Waals surface area contributed by atoms with Gasteiger partial charge in [0, 0.05) is 15.5 Å². The molecular formula is C24H31OPS3. The van der Waals surface area contributed by atoms with Gasteiger partial charge in [-0.15, -0.1) is 34.0 Å². The van der Waals surface area contributed by atoms with Crippen LogP contribution in [0.2, 0.25) is 0 Å². The third-order valence-electron chi connectivity index (χ3n) is 5.91. The van der Waals surface area contributed by atoms with Crippen molar-refractivity contribution in [1.82, 2.24) is 0 Å². The Labute approximate surface area is 187 Å². The van der Waals surface area contributed by atoms with E-state index in [4.69, 9.17) is 0 Å². The van der Waals surface area contributed by atoms with Crippen LogP contribution in [0.5, 0.6) is 0 Å². The minimum absolute atomic E-state index is 1.08. The fourth-order valence-corrected chi connectivity index (χ4v) is 12.1. The molecule has 4 heterocycles. The minimum atomic E-state index is -2.61. The molecule has 1 aliphatic rings. The molecule has 0 aliphatic carbocycles. The van der Waals surface area contributed by atoms with Gasteiger partial charge >= 0.3 is 0 Å². The normalized spacial score (nSPS) is 14.2. The van der Waals surface area contributed by atoms with E-state index in [1.54, 1.807) is 34.0 Å². The van der Waals surface area contributed by atoms with Crippen molar-refractivity contribution in [1.29, 1.82) is 0 Å². The molecule has 0 saturated heterocycles. The van der Waals surface area contributed by atoms with E-state index in [1.807, 2.05) is 0 Å². The molecule has 1 nitrogen and oxygen atoms in total. The zero-order chi connectivity index (χ0) is 20.1. The van der Waals surface area contributed by atoms with Crippen LogP contribution in [0.4, 0.5) is 0 Å². The van der Waals surface area contributed by atoms with Crippen LogP contribution in [-0.2, 0) is 11.0 Å². The van der Waals surface area contributed by atoms with E-state index >= 15 is 0 Å². The Morgan fingerprint density at radius 3 is 1.86 bits per heavy atom. The van der Waals surface area contributed by atoms with Crippen LogP contribution in [0.1, 0.15) is 76.0 Å². The van der Waals surface area contributed by atoms with Crippen molar-refractivity contribution >= 4 is 56.4 Å². The summed E-state index contributed by atoms with van der Waals surface area (Å²) in [5.74, 6) is 0. The molecule has 0 radical (unpaired) electrons. The number of unbranched alkanes of at least 4 members (excludes halogenated alkanes) is 9. The largest absolute Gasteiger partial charge is 0.308 e. The van der Waals surface area contributed by atoms with Gasteiger partial charge in [-0.25, -0.2) is 0 Å². The highest BCUT2D eigenvalue weighted by molar-refractivity contribution is 7.91. The highest BCUT2D eigenvalue weighted by atomic mass is 32.1. The van der Waals surface area contributed by atoms with Gasteiger partial charge in [0.1, 0.15) is 0 Å². The Morgan fingerprint density at radius 1 is 0.724 bits per heavy atom. The second-order valence-corrected chi connectivity index (χ2v) is 14.0. The lowest BCUT2D eigenvalue weighted by Crippen LogP contribution is -2.16. The minimum Gasteiger partial charge on any atom is -0.308 e. The summed E-state index contributed by atoms with van der Waals surface area (Å²) in [5, 5.41) is 6.35. The summed E-state index contributed by atoms with van der Waals surface area (Å²) in [5.41, 5.74) is 0. The molecule has 3 aromatic heterocycles. The van der Waals surface area contributed by atoms with Crippen molar-refractivity contribution < 1.29 is 4.57 Å². The van der Waals surface area contributed by atoms with Gasteiger partial charge in [0.2, 0.25) is 0 Å². The standard InChI is InChI=1S/C24H31OPS3/c1-2-3-4-5-6-7-8-9-10-11-12-19-13-14-22(29-19)26(25)20-15-17-27-23(20)24-21(26)16-18-28-24/h13-18H,2-12H2,1H3. The van der Waals surface area contributed by atoms with Crippen molar-refractivity contribution in [3.63, 3.8) is 0 Å². The van der Waals surface area contributed by atoms with Gasteiger partial charge in [-0.1, -0.05) is 64.7 Å². The second-order valence-electron chi connectivity index (χ2n) is 8.05. The zero-order valence-corrected chi connectivity index (χ0v) is 20.7. The van der Waals surface area contributed by atoms with Gasteiger partial charge in [0.15, 0.2) is 7.14 Å². The Balaban J connectivity index is 1.27. The summed E-state index contributed by atoms with van der Waals surface area (Å²) in [6.07, 6.45) is 14.9. The average molecular weight is 463 g/mol. The molecule has 1 aliphatic heterocycles. The van der Waals surface area contributed by atoms with Crippen molar-refractivity contribution in [3.05, 3.63) is 39.9 Å². The maximum Gasteiger partial charge on any atom is 0.183 e. The SMILES string of the molecule is CCCCCCCCCCCCc1ccc(P2(=O)c3ccsc3-c3sccc32)s1. The van der Waals surface area contributed by atoms with Crippen LogP contribution < -0.4 is 15.2 Å². The third-order valence-corrected chi connectivity index (χ3v) is 13.1. The van der Waals surface area contributed by atoms with Crippen LogP contribution >= 0.6 is 41.2 Å². The van der Waals surface area contributed by atoms with Crippen molar-refractivity contribution in [2.24, 2.45) is 0 Å². The lowest BCUT2D eigenvalue weighted by molar-refractivity contribution is 0.557. The predicted octanol–water partition coefficient (Wildman–Crippen LogP) is 7.95. The summed E-state index contributed by atoms with van der Waals surface area (Å²) in [6.45, 7) is 2.28. The number of aryl methyl sites for hydroxylation is 1. The average Bonchev–Trinajstić information content (AvgIpc) is 3.49. The summed E-state index contributed by atoms with van der Waals surface area (Å²) < 4.78 is 15.2. The van der Waals surface area contributed by atoms with Crippen LogP contribution in [0, 0.1) is 0 Å². The van der Waals surface area contributed by atoms with E-state index in [9.17, 15) is 4.57 Å². The first kappa shape index (κ1) is 21.6. The number of rotatable bonds is 12. The topological polar surface area (TPSA) is 17.1 Å². The Hall–Kier alpha value is -0.670. The van der Waals surface area contributed by atoms with Crippen LogP contribution in [-0.4, -0.2) is 0 Å². The summed E-state index contributed by atoms with van der Waals surface area (Å²) in [6, 6.07) is 8.55. The number of hydrogen-bond acceptors (Lipinski definition) is 4. The molecule has 0 N–H and O–H groups in total. The van der Waals surface area contributed by atoms with E-state index < -0.39 is 7.14 Å². The van der Waals surface area contributed by atoms with Crippen molar-refractivity contribution in [2.75, 3.05) is 0 Å². The fourth-order valence-electron chi connectivity index (χ4n) is 4.26. The predicted molar refractivity (Wildman–Crippen MR) is 134 cm³/mol. The summed E-state index contributed by atoms with van der Waals surface area (Å²) >= 11 is 5.26. The van der Waals surface area contributed by atoms with Gasteiger partial charge in [0.25, 0.3) is 0 Å². The molecule has 0 aromatic carbocycles. The van der Waals surface area contributed by atoms with Crippen LogP contribution in [0.3, 0.4) is 0 Å². The Morgan fingerprint density at radius 2 is 1.28 bits per heavy atom. The van der Waals surface area contributed by atoms with Crippen molar-refractivity contribution in [3.8, 4) is 9.75 Å². The molecule has 29 heavy (non-hydrogen) atoms. The monoisotopic (exact) mass is 462 g/mol. The van der Waals surface area contributed by atoms with Gasteiger partial charge in [-0.3, -0.25) is 0 Å². The molecule has 0 fully saturated rings. The number of hydrogen-bond donors (Lipinski definition) is 0. The van der Waals surface area contributed by atoms with Gasteiger partial charge in [-0.05, 0) is 47.9 Å². The quantitative estimate of drug-likeness (QED) is 0.154. The van der Waals surface area contributed by atoms with Gasteiger partial charge in [-0.2, -0.15) is 0 Å². The molecular weight excluding hydrogens is 431 g/mol. The number of thiophene rings is 3. The highest BCUT2D eigenvalue weighted by Gasteiger charge is 2.42. The van der Waals surface area contributed by atoms with E-state index in [0.717, 1.165) is 21.6 Å². The molecule has 0 spiro atoms. The third kappa shape index (κ3) is 4.51. The van der Waals surface area contributed by atoms with E-state index in [2.05, 4.69) is 41.9 Å². The smallest absolute Gasteiger partial charge is 0.183 e. The highest BCUT2D eigenvalue weighted by Crippen LogP contribution is 2.56. The first-order valence-electron chi connectivity index (χ1n) is 11.1. The van der Waals surface area contributed by atoms with Gasteiger partial charge in [0.05, 0.1) is 14.4 Å².